The minimum absolute atomic E-state index is 0.0542. The van der Waals surface area contributed by atoms with E-state index in [4.69, 9.17) is 31.3 Å². The molecule has 0 amide bonds. The van der Waals surface area contributed by atoms with Crippen molar-refractivity contribution in [1.29, 1.82) is 0 Å². The summed E-state index contributed by atoms with van der Waals surface area (Å²) in [7, 11) is 1.89. The summed E-state index contributed by atoms with van der Waals surface area (Å²) >= 11 is 5.99. The van der Waals surface area contributed by atoms with Crippen LogP contribution in [0, 0.1) is 19.7 Å². The van der Waals surface area contributed by atoms with Crippen LogP contribution in [0.3, 0.4) is 0 Å². The van der Waals surface area contributed by atoms with Crippen molar-refractivity contribution in [1.82, 2.24) is 24.7 Å². The third-order valence-corrected chi connectivity index (χ3v) is 6.30. The molecule has 3 aromatic heterocycles. The maximum Gasteiger partial charge on any atom is 0.134 e. The molecule has 0 bridgehead atoms. The molecule has 4 heterocycles. The van der Waals surface area contributed by atoms with Gasteiger partial charge in [0.05, 0.1) is 29.2 Å². The summed E-state index contributed by atoms with van der Waals surface area (Å²) in [6, 6.07) is 6.62. The molecule has 0 spiro atoms. The van der Waals surface area contributed by atoms with Crippen molar-refractivity contribution < 1.29 is 9.13 Å². The van der Waals surface area contributed by atoms with Crippen LogP contribution in [0.25, 0.3) is 22.3 Å². The minimum Gasteiger partial charge on any atom is -0.373 e. The Morgan fingerprint density at radius 1 is 1.12 bits per heavy atom. The molecule has 0 saturated carbocycles. The highest BCUT2D eigenvalue weighted by Gasteiger charge is 2.28. The average molecular weight is 452 g/mol. The zero-order chi connectivity index (χ0) is 22.4. The fourth-order valence-electron chi connectivity index (χ4n) is 4.23. The summed E-state index contributed by atoms with van der Waals surface area (Å²) in [5.74, 6) is -0.278. The number of aromatic nitrogens is 5. The molecule has 1 fully saturated rings. The summed E-state index contributed by atoms with van der Waals surface area (Å²) < 4.78 is 22.7. The Labute approximate surface area is 190 Å². The largest absolute Gasteiger partial charge is 0.373 e. The molecule has 6 nitrogen and oxygen atoms in total. The number of pyridine rings is 1. The van der Waals surface area contributed by atoms with E-state index >= 15 is 0 Å². The monoisotopic (exact) mass is 451 g/mol. The van der Waals surface area contributed by atoms with E-state index in [1.807, 2.05) is 39.4 Å². The third kappa shape index (κ3) is 3.87. The minimum atomic E-state index is -0.427. The van der Waals surface area contributed by atoms with E-state index < -0.39 is 5.82 Å². The number of fused-ring (bicyclic) bond motifs is 1. The quantitative estimate of drug-likeness (QED) is 0.413. The SMILES string of the molecule is Cc1nc2cc(C3CCOC(c4cnn(C)c4)C3)nc(-c3ccc(Cl)cc3F)c2nc1C. The molecule has 8 heteroatoms. The van der Waals surface area contributed by atoms with Gasteiger partial charge >= 0.3 is 0 Å². The van der Waals surface area contributed by atoms with Gasteiger partial charge in [0, 0.05) is 47.6 Å². The number of rotatable bonds is 3. The fourth-order valence-corrected chi connectivity index (χ4v) is 4.39. The number of hydrogen-bond donors (Lipinski definition) is 0. The zero-order valence-corrected chi connectivity index (χ0v) is 18.9. The lowest BCUT2D eigenvalue weighted by atomic mass is 9.89. The van der Waals surface area contributed by atoms with Gasteiger partial charge in [0.25, 0.3) is 0 Å². The first-order valence-corrected chi connectivity index (χ1v) is 11.0. The Kier molecular flexibility index (Phi) is 5.39. The first kappa shape index (κ1) is 21.0. The number of benzene rings is 1. The van der Waals surface area contributed by atoms with Gasteiger partial charge in [-0.3, -0.25) is 4.68 Å². The van der Waals surface area contributed by atoms with Gasteiger partial charge < -0.3 is 4.74 Å². The van der Waals surface area contributed by atoms with Crippen molar-refractivity contribution in [2.24, 2.45) is 7.05 Å². The topological polar surface area (TPSA) is 65.7 Å². The van der Waals surface area contributed by atoms with Crippen LogP contribution in [0.15, 0.2) is 36.7 Å². The second-order valence-electron chi connectivity index (χ2n) is 8.31. The molecule has 4 aromatic rings. The summed E-state index contributed by atoms with van der Waals surface area (Å²) in [6.45, 7) is 4.44. The maximum atomic E-state index is 14.9. The second kappa shape index (κ2) is 8.22. The Hall–Kier alpha value is -2.90. The van der Waals surface area contributed by atoms with E-state index in [2.05, 4.69) is 5.10 Å². The molecule has 1 aromatic carbocycles. The van der Waals surface area contributed by atoms with Crippen molar-refractivity contribution in [3.05, 3.63) is 70.1 Å². The van der Waals surface area contributed by atoms with Crippen molar-refractivity contribution in [3.8, 4) is 11.3 Å². The Morgan fingerprint density at radius 3 is 2.69 bits per heavy atom. The van der Waals surface area contributed by atoms with Crippen LogP contribution in [-0.4, -0.2) is 31.3 Å². The van der Waals surface area contributed by atoms with E-state index in [1.54, 1.807) is 16.8 Å². The van der Waals surface area contributed by atoms with Crippen LogP contribution in [-0.2, 0) is 11.8 Å². The van der Waals surface area contributed by atoms with Gasteiger partial charge in [0.2, 0.25) is 0 Å². The number of ether oxygens (including phenoxy) is 1. The van der Waals surface area contributed by atoms with E-state index in [1.165, 1.54) is 6.07 Å². The number of hydrogen-bond acceptors (Lipinski definition) is 5. The standard InChI is InChI=1S/C24H23ClFN5O/c1-13-14(2)29-24-21(28-13)10-20(30-23(24)18-5-4-17(25)9-19(18)26)15-6-7-32-22(8-15)16-11-27-31(3)12-16/h4-5,9-12,15,22H,6-8H2,1-3H3. The maximum absolute atomic E-state index is 14.9. The van der Waals surface area contributed by atoms with Gasteiger partial charge in [-0.15, -0.1) is 0 Å². The normalized spacial score (nSPS) is 18.9. The van der Waals surface area contributed by atoms with Crippen LogP contribution < -0.4 is 0 Å². The highest BCUT2D eigenvalue weighted by atomic mass is 35.5. The molecule has 5 rings (SSSR count). The lowest BCUT2D eigenvalue weighted by Crippen LogP contribution is -2.19. The second-order valence-corrected chi connectivity index (χ2v) is 8.75. The fraction of sp³-hybridized carbons (Fsp3) is 0.333. The predicted octanol–water partition coefficient (Wildman–Crippen LogP) is 5.47. The molecule has 2 atom stereocenters. The van der Waals surface area contributed by atoms with Crippen LogP contribution in [0.4, 0.5) is 4.39 Å². The van der Waals surface area contributed by atoms with Gasteiger partial charge in [-0.25, -0.2) is 19.3 Å². The molecule has 0 radical (unpaired) electrons. The molecule has 1 saturated heterocycles. The molecule has 164 valence electrons. The lowest BCUT2D eigenvalue weighted by molar-refractivity contribution is 0.00464. The molecule has 32 heavy (non-hydrogen) atoms. The van der Waals surface area contributed by atoms with Crippen LogP contribution in [0.5, 0.6) is 0 Å². The van der Waals surface area contributed by atoms with Gasteiger partial charge in [-0.1, -0.05) is 11.6 Å². The molecular weight excluding hydrogens is 429 g/mol. The lowest BCUT2D eigenvalue weighted by Gasteiger charge is -2.29. The number of nitrogens with zero attached hydrogens (tertiary/aromatic N) is 5. The molecule has 1 aliphatic heterocycles. The predicted molar refractivity (Wildman–Crippen MR) is 121 cm³/mol. The number of aryl methyl sites for hydroxylation is 3. The van der Waals surface area contributed by atoms with Gasteiger partial charge in [0.15, 0.2) is 0 Å². The van der Waals surface area contributed by atoms with Gasteiger partial charge in [-0.05, 0) is 51.0 Å². The molecule has 0 N–H and O–H groups in total. The van der Waals surface area contributed by atoms with Crippen molar-refractivity contribution in [2.75, 3.05) is 6.61 Å². The Bertz CT molecular complexity index is 1320. The molecule has 0 aliphatic carbocycles. The Morgan fingerprint density at radius 2 is 1.94 bits per heavy atom. The summed E-state index contributed by atoms with van der Waals surface area (Å²) in [6.07, 6.45) is 5.36. The smallest absolute Gasteiger partial charge is 0.134 e. The average Bonchev–Trinajstić information content (AvgIpc) is 3.21. The summed E-state index contributed by atoms with van der Waals surface area (Å²) in [5.41, 5.74) is 5.73. The van der Waals surface area contributed by atoms with E-state index in [-0.39, 0.29) is 12.0 Å². The zero-order valence-electron chi connectivity index (χ0n) is 18.1. The van der Waals surface area contributed by atoms with Crippen LogP contribution in [0.2, 0.25) is 5.02 Å². The third-order valence-electron chi connectivity index (χ3n) is 6.07. The molecule has 2 unspecified atom stereocenters. The Balaban J connectivity index is 1.62. The first-order chi connectivity index (χ1) is 15.4. The van der Waals surface area contributed by atoms with Crippen molar-refractivity contribution in [3.63, 3.8) is 0 Å². The highest BCUT2D eigenvalue weighted by molar-refractivity contribution is 6.30. The summed E-state index contributed by atoms with van der Waals surface area (Å²) in [5, 5.41) is 4.61. The van der Waals surface area contributed by atoms with Crippen LogP contribution >= 0.6 is 11.6 Å². The molecule has 1 aliphatic rings. The van der Waals surface area contributed by atoms with E-state index in [9.17, 15) is 4.39 Å². The van der Waals surface area contributed by atoms with Gasteiger partial charge in [0.1, 0.15) is 17.0 Å². The van der Waals surface area contributed by atoms with E-state index in [0.717, 1.165) is 35.5 Å². The first-order valence-electron chi connectivity index (χ1n) is 10.6. The van der Waals surface area contributed by atoms with E-state index in [0.29, 0.717) is 33.9 Å². The highest BCUT2D eigenvalue weighted by Crippen LogP contribution is 2.39. The van der Waals surface area contributed by atoms with Crippen molar-refractivity contribution >= 4 is 22.6 Å². The van der Waals surface area contributed by atoms with Gasteiger partial charge in [-0.2, -0.15) is 5.10 Å². The van der Waals surface area contributed by atoms with Crippen molar-refractivity contribution in [2.45, 2.75) is 38.7 Å². The number of halogens is 2. The molecular formula is C24H23ClFN5O. The summed E-state index contributed by atoms with van der Waals surface area (Å²) in [4.78, 5) is 14.4. The van der Waals surface area contributed by atoms with Crippen LogP contribution in [0.1, 0.15) is 47.5 Å².